The number of amides is 1. The third kappa shape index (κ3) is 3.95. The summed E-state index contributed by atoms with van der Waals surface area (Å²) in [7, 11) is 0. The van der Waals surface area contributed by atoms with E-state index in [0.29, 0.717) is 6.42 Å². The Hall–Kier alpha value is -1.10. The Morgan fingerprint density at radius 2 is 1.75 bits per heavy atom. The molecule has 2 fully saturated rings. The van der Waals surface area contributed by atoms with E-state index in [-0.39, 0.29) is 23.9 Å². The molecule has 2 saturated carbocycles. The van der Waals surface area contributed by atoms with Crippen molar-refractivity contribution in [3.63, 3.8) is 0 Å². The Morgan fingerprint density at radius 3 is 2.45 bits per heavy atom. The van der Waals surface area contributed by atoms with Gasteiger partial charge in [-0.2, -0.15) is 0 Å². The molecule has 0 bridgehead atoms. The van der Waals surface area contributed by atoms with Crippen LogP contribution in [0.2, 0.25) is 0 Å². The lowest BCUT2D eigenvalue weighted by atomic mass is 9.85. The highest BCUT2D eigenvalue weighted by molar-refractivity contribution is 5.80. The van der Waals surface area contributed by atoms with Gasteiger partial charge in [-0.25, -0.2) is 0 Å². The summed E-state index contributed by atoms with van der Waals surface area (Å²) in [5.74, 6) is -1.23. The van der Waals surface area contributed by atoms with Crippen LogP contribution in [0.15, 0.2) is 0 Å². The number of carboxylic acid groups (broad SMARTS) is 1. The SMILES string of the molecule is NC1CCCC(C(=O)NC2CCCCCC2C(=O)O)C1. The van der Waals surface area contributed by atoms with Gasteiger partial charge in [0, 0.05) is 18.0 Å². The van der Waals surface area contributed by atoms with E-state index in [0.717, 1.165) is 51.4 Å². The van der Waals surface area contributed by atoms with Crippen molar-refractivity contribution in [1.82, 2.24) is 5.32 Å². The minimum absolute atomic E-state index is 0.0123. The van der Waals surface area contributed by atoms with E-state index < -0.39 is 11.9 Å². The third-order valence-corrected chi connectivity index (χ3v) is 4.75. The predicted molar refractivity (Wildman–Crippen MR) is 76.1 cm³/mol. The summed E-state index contributed by atoms with van der Waals surface area (Å²) >= 11 is 0. The van der Waals surface area contributed by atoms with Gasteiger partial charge in [-0.1, -0.05) is 25.7 Å². The molecule has 5 nitrogen and oxygen atoms in total. The fraction of sp³-hybridized carbons (Fsp3) is 0.867. The normalized spacial score (nSPS) is 35.0. The molecule has 114 valence electrons. The van der Waals surface area contributed by atoms with E-state index in [9.17, 15) is 14.7 Å². The van der Waals surface area contributed by atoms with Gasteiger partial charge in [-0.3, -0.25) is 9.59 Å². The highest BCUT2D eigenvalue weighted by atomic mass is 16.4. The minimum Gasteiger partial charge on any atom is -0.481 e. The second kappa shape index (κ2) is 7.07. The molecule has 4 atom stereocenters. The second-order valence-electron chi connectivity index (χ2n) is 6.32. The van der Waals surface area contributed by atoms with Crippen LogP contribution in [0.25, 0.3) is 0 Å². The quantitative estimate of drug-likeness (QED) is 0.686. The number of hydrogen-bond acceptors (Lipinski definition) is 3. The molecule has 0 saturated heterocycles. The Kier molecular flexibility index (Phi) is 5.40. The average molecular weight is 282 g/mol. The molecule has 4 N–H and O–H groups in total. The van der Waals surface area contributed by atoms with Crippen molar-refractivity contribution in [2.45, 2.75) is 69.9 Å². The maximum absolute atomic E-state index is 12.3. The molecular weight excluding hydrogens is 256 g/mol. The minimum atomic E-state index is -0.780. The summed E-state index contributed by atoms with van der Waals surface area (Å²) < 4.78 is 0. The van der Waals surface area contributed by atoms with Crippen molar-refractivity contribution in [3.05, 3.63) is 0 Å². The molecule has 0 aromatic rings. The van der Waals surface area contributed by atoms with Crippen LogP contribution in [0.4, 0.5) is 0 Å². The third-order valence-electron chi connectivity index (χ3n) is 4.75. The molecule has 0 aliphatic heterocycles. The number of aliphatic carboxylic acids is 1. The maximum atomic E-state index is 12.3. The van der Waals surface area contributed by atoms with Crippen molar-refractivity contribution >= 4 is 11.9 Å². The van der Waals surface area contributed by atoms with Crippen molar-refractivity contribution in [1.29, 1.82) is 0 Å². The zero-order valence-electron chi connectivity index (χ0n) is 12.0. The van der Waals surface area contributed by atoms with Gasteiger partial charge in [0.15, 0.2) is 0 Å². The van der Waals surface area contributed by atoms with Crippen molar-refractivity contribution in [2.75, 3.05) is 0 Å². The number of carbonyl (C=O) groups is 2. The molecule has 20 heavy (non-hydrogen) atoms. The standard InChI is InChI=1S/C15H26N2O3/c16-11-6-4-5-10(9-11)14(18)17-13-8-3-1-2-7-12(13)15(19)20/h10-13H,1-9,16H2,(H,17,18)(H,19,20). The van der Waals surface area contributed by atoms with Gasteiger partial charge >= 0.3 is 5.97 Å². The Balaban J connectivity index is 1.94. The molecule has 4 unspecified atom stereocenters. The topological polar surface area (TPSA) is 92.4 Å². The Morgan fingerprint density at radius 1 is 1.00 bits per heavy atom. The van der Waals surface area contributed by atoms with Crippen LogP contribution < -0.4 is 11.1 Å². The van der Waals surface area contributed by atoms with E-state index >= 15 is 0 Å². The first-order valence-electron chi connectivity index (χ1n) is 7.86. The number of nitrogens with two attached hydrogens (primary N) is 1. The average Bonchev–Trinajstić information content (AvgIpc) is 2.64. The lowest BCUT2D eigenvalue weighted by Gasteiger charge is -2.29. The summed E-state index contributed by atoms with van der Waals surface area (Å²) in [5, 5.41) is 12.3. The van der Waals surface area contributed by atoms with Gasteiger partial charge in [-0.15, -0.1) is 0 Å². The second-order valence-corrected chi connectivity index (χ2v) is 6.32. The Labute approximate surface area is 120 Å². The van der Waals surface area contributed by atoms with E-state index in [4.69, 9.17) is 5.73 Å². The van der Waals surface area contributed by atoms with Crippen molar-refractivity contribution in [2.24, 2.45) is 17.6 Å². The van der Waals surface area contributed by atoms with Crippen molar-refractivity contribution in [3.8, 4) is 0 Å². The summed E-state index contributed by atoms with van der Waals surface area (Å²) in [6.07, 6.45) is 8.05. The summed E-state index contributed by atoms with van der Waals surface area (Å²) in [6.45, 7) is 0. The summed E-state index contributed by atoms with van der Waals surface area (Å²) in [5.41, 5.74) is 5.92. The van der Waals surface area contributed by atoms with E-state index in [1.807, 2.05) is 0 Å². The van der Waals surface area contributed by atoms with Gasteiger partial charge in [0.1, 0.15) is 0 Å². The van der Waals surface area contributed by atoms with Crippen molar-refractivity contribution < 1.29 is 14.7 Å². The maximum Gasteiger partial charge on any atom is 0.308 e. The van der Waals surface area contributed by atoms with E-state index in [1.54, 1.807) is 0 Å². The van der Waals surface area contributed by atoms with Crippen LogP contribution in [0, 0.1) is 11.8 Å². The number of rotatable bonds is 3. The largest absolute Gasteiger partial charge is 0.481 e. The lowest BCUT2D eigenvalue weighted by molar-refractivity contribution is -0.143. The van der Waals surface area contributed by atoms with Crippen LogP contribution in [-0.2, 0) is 9.59 Å². The van der Waals surface area contributed by atoms with Gasteiger partial charge in [0.2, 0.25) is 5.91 Å². The molecular formula is C15H26N2O3. The summed E-state index contributed by atoms with van der Waals surface area (Å²) in [4.78, 5) is 23.7. The zero-order valence-corrected chi connectivity index (χ0v) is 12.0. The molecule has 1 amide bonds. The van der Waals surface area contributed by atoms with Crippen LogP contribution >= 0.6 is 0 Å². The lowest BCUT2D eigenvalue weighted by Crippen LogP contribution is -2.46. The molecule has 0 aromatic carbocycles. The van der Waals surface area contributed by atoms with E-state index in [1.165, 1.54) is 0 Å². The first-order chi connectivity index (χ1) is 9.58. The fourth-order valence-corrected chi connectivity index (χ4v) is 3.54. The molecule has 0 radical (unpaired) electrons. The molecule has 0 heterocycles. The number of nitrogens with one attached hydrogen (secondary N) is 1. The van der Waals surface area contributed by atoms with Gasteiger partial charge in [-0.05, 0) is 32.1 Å². The van der Waals surface area contributed by atoms with Gasteiger partial charge < -0.3 is 16.2 Å². The first kappa shape index (κ1) is 15.3. The monoisotopic (exact) mass is 282 g/mol. The molecule has 0 spiro atoms. The highest BCUT2D eigenvalue weighted by Gasteiger charge is 2.33. The van der Waals surface area contributed by atoms with E-state index in [2.05, 4.69) is 5.32 Å². The molecule has 2 aliphatic rings. The summed E-state index contributed by atoms with van der Waals surface area (Å²) in [6, 6.07) is -0.0930. The smallest absolute Gasteiger partial charge is 0.308 e. The molecule has 2 rings (SSSR count). The zero-order chi connectivity index (χ0) is 14.5. The van der Waals surface area contributed by atoms with Crippen LogP contribution in [0.5, 0.6) is 0 Å². The van der Waals surface area contributed by atoms with Gasteiger partial charge in [0.05, 0.1) is 5.92 Å². The fourth-order valence-electron chi connectivity index (χ4n) is 3.54. The van der Waals surface area contributed by atoms with Crippen LogP contribution in [0.3, 0.4) is 0 Å². The molecule has 5 heteroatoms. The first-order valence-corrected chi connectivity index (χ1v) is 7.86. The van der Waals surface area contributed by atoms with Gasteiger partial charge in [0.25, 0.3) is 0 Å². The molecule has 0 aromatic heterocycles. The van der Waals surface area contributed by atoms with Crippen LogP contribution in [-0.4, -0.2) is 29.1 Å². The highest BCUT2D eigenvalue weighted by Crippen LogP contribution is 2.27. The number of hydrogen-bond donors (Lipinski definition) is 3. The molecule has 2 aliphatic carbocycles. The Bertz CT molecular complexity index is 359. The predicted octanol–water partition coefficient (Wildman–Crippen LogP) is 1.65. The van der Waals surface area contributed by atoms with Crippen LogP contribution in [0.1, 0.15) is 57.8 Å². The number of carbonyl (C=O) groups excluding carboxylic acids is 1. The number of carboxylic acids is 1.